The molecule has 1 heterocycles. The van der Waals surface area contributed by atoms with Crippen LogP contribution in [0.2, 0.25) is 0 Å². The molecule has 0 aromatic carbocycles. The van der Waals surface area contributed by atoms with Crippen molar-refractivity contribution in [2.24, 2.45) is 5.92 Å². The van der Waals surface area contributed by atoms with E-state index in [1.54, 1.807) is 6.07 Å². The summed E-state index contributed by atoms with van der Waals surface area (Å²) in [7, 11) is 0. The first kappa shape index (κ1) is 13.0. The summed E-state index contributed by atoms with van der Waals surface area (Å²) >= 11 is 0. The Kier molecular flexibility index (Phi) is 3.36. The highest BCUT2D eigenvalue weighted by Crippen LogP contribution is 2.50. The van der Waals surface area contributed by atoms with Gasteiger partial charge in [0.1, 0.15) is 11.5 Å². The van der Waals surface area contributed by atoms with Gasteiger partial charge in [0.15, 0.2) is 0 Å². The molecule has 1 aromatic heterocycles. The Morgan fingerprint density at radius 1 is 1.67 bits per heavy atom. The van der Waals surface area contributed by atoms with Gasteiger partial charge in [0.05, 0.1) is 6.54 Å². The summed E-state index contributed by atoms with van der Waals surface area (Å²) in [6, 6.07) is 1.76. The van der Waals surface area contributed by atoms with E-state index in [1.165, 1.54) is 0 Å². The quantitative estimate of drug-likeness (QED) is 0.882. The summed E-state index contributed by atoms with van der Waals surface area (Å²) in [5.41, 5.74) is 0.606. The molecule has 100 valence electrons. The number of carbonyl (C=O) groups is 1. The van der Waals surface area contributed by atoms with Gasteiger partial charge in [0.2, 0.25) is 5.91 Å². The minimum absolute atomic E-state index is 0.123. The maximum atomic E-state index is 12.6. The number of carbonyl (C=O) groups excluding carboxylic acids is 1. The zero-order chi connectivity index (χ0) is 13.3. The molecule has 2 rings (SSSR count). The molecule has 0 bridgehead atoms. The van der Waals surface area contributed by atoms with Crippen molar-refractivity contribution in [2.45, 2.75) is 45.1 Å². The molecule has 1 aliphatic rings. The molecular formula is C12H16F2N2O2. The van der Waals surface area contributed by atoms with E-state index in [9.17, 15) is 13.6 Å². The van der Waals surface area contributed by atoms with Crippen LogP contribution in [0.25, 0.3) is 0 Å². The van der Waals surface area contributed by atoms with Crippen molar-refractivity contribution >= 4 is 5.91 Å². The van der Waals surface area contributed by atoms with E-state index < -0.39 is 11.8 Å². The highest BCUT2D eigenvalue weighted by molar-refractivity contribution is 5.76. The number of rotatable bonds is 5. The van der Waals surface area contributed by atoms with E-state index in [-0.39, 0.29) is 31.2 Å². The molecule has 0 aliphatic heterocycles. The van der Waals surface area contributed by atoms with Crippen LogP contribution in [-0.2, 0) is 11.3 Å². The summed E-state index contributed by atoms with van der Waals surface area (Å²) in [5, 5.41) is 6.36. The first-order chi connectivity index (χ1) is 8.38. The van der Waals surface area contributed by atoms with Gasteiger partial charge in [-0.15, -0.1) is 0 Å². The summed E-state index contributed by atoms with van der Waals surface area (Å²) in [6.45, 7) is 4.16. The van der Waals surface area contributed by atoms with Gasteiger partial charge in [-0.25, -0.2) is 8.78 Å². The lowest BCUT2D eigenvalue weighted by molar-refractivity contribution is -0.122. The van der Waals surface area contributed by atoms with E-state index in [2.05, 4.69) is 10.5 Å². The number of nitrogens with zero attached hydrogens (tertiary/aromatic N) is 1. The average molecular weight is 258 g/mol. The number of hydrogen-bond acceptors (Lipinski definition) is 3. The Morgan fingerprint density at radius 3 is 2.83 bits per heavy atom. The number of amides is 1. The van der Waals surface area contributed by atoms with Crippen LogP contribution >= 0.6 is 0 Å². The predicted molar refractivity (Wildman–Crippen MR) is 60.1 cm³/mol. The van der Waals surface area contributed by atoms with Crippen LogP contribution in [-0.4, -0.2) is 17.0 Å². The molecule has 0 radical (unpaired) electrons. The van der Waals surface area contributed by atoms with Gasteiger partial charge in [-0.2, -0.15) is 0 Å². The summed E-state index contributed by atoms with van der Waals surface area (Å²) in [4.78, 5) is 11.4. The van der Waals surface area contributed by atoms with E-state index in [0.717, 1.165) is 5.76 Å². The van der Waals surface area contributed by atoms with Crippen LogP contribution in [0.3, 0.4) is 0 Å². The van der Waals surface area contributed by atoms with Crippen molar-refractivity contribution < 1.29 is 18.1 Å². The van der Waals surface area contributed by atoms with Crippen molar-refractivity contribution in [3.63, 3.8) is 0 Å². The molecular weight excluding hydrogens is 242 g/mol. The van der Waals surface area contributed by atoms with E-state index >= 15 is 0 Å². The lowest BCUT2D eigenvalue weighted by atomic mass is 10.1. The van der Waals surface area contributed by atoms with Crippen LogP contribution in [0.5, 0.6) is 0 Å². The van der Waals surface area contributed by atoms with Gasteiger partial charge >= 0.3 is 0 Å². The molecule has 1 fully saturated rings. The maximum Gasteiger partial charge on any atom is 0.252 e. The zero-order valence-corrected chi connectivity index (χ0v) is 10.4. The molecule has 1 unspecified atom stereocenters. The third-order valence-corrected chi connectivity index (χ3v) is 3.00. The van der Waals surface area contributed by atoms with E-state index in [4.69, 9.17) is 4.52 Å². The third kappa shape index (κ3) is 3.05. The van der Waals surface area contributed by atoms with Crippen LogP contribution in [0, 0.1) is 5.92 Å². The van der Waals surface area contributed by atoms with Crippen LogP contribution in [0.15, 0.2) is 10.6 Å². The SMILES string of the molecule is CC(C)c1cc(CNC(=O)CC2CC2(F)F)no1. The highest BCUT2D eigenvalue weighted by Gasteiger charge is 2.57. The first-order valence-electron chi connectivity index (χ1n) is 5.98. The number of alkyl halides is 2. The van der Waals surface area contributed by atoms with E-state index in [1.807, 2.05) is 13.8 Å². The number of aromatic nitrogens is 1. The molecule has 1 saturated carbocycles. The molecule has 1 aromatic rings. The monoisotopic (exact) mass is 258 g/mol. The van der Waals surface area contributed by atoms with Crippen LogP contribution in [0.4, 0.5) is 8.78 Å². The van der Waals surface area contributed by atoms with Gasteiger partial charge in [-0.1, -0.05) is 19.0 Å². The van der Waals surface area contributed by atoms with Gasteiger partial charge in [-0.05, 0) is 0 Å². The number of halogens is 2. The van der Waals surface area contributed by atoms with Crippen molar-refractivity contribution in [3.05, 3.63) is 17.5 Å². The van der Waals surface area contributed by atoms with Crippen molar-refractivity contribution in [1.29, 1.82) is 0 Å². The second-order valence-electron chi connectivity index (χ2n) is 5.02. The molecule has 4 nitrogen and oxygen atoms in total. The zero-order valence-electron chi connectivity index (χ0n) is 10.4. The molecule has 1 amide bonds. The molecule has 6 heteroatoms. The van der Waals surface area contributed by atoms with Crippen molar-refractivity contribution in [2.75, 3.05) is 0 Å². The Morgan fingerprint density at radius 2 is 2.33 bits per heavy atom. The second-order valence-corrected chi connectivity index (χ2v) is 5.02. The minimum Gasteiger partial charge on any atom is -0.361 e. The Balaban J connectivity index is 1.75. The molecule has 0 saturated heterocycles. The molecule has 1 N–H and O–H groups in total. The molecule has 18 heavy (non-hydrogen) atoms. The van der Waals surface area contributed by atoms with Crippen molar-refractivity contribution in [1.82, 2.24) is 10.5 Å². The summed E-state index contributed by atoms with van der Waals surface area (Å²) in [6.07, 6.45) is -0.302. The topological polar surface area (TPSA) is 55.1 Å². The lowest BCUT2D eigenvalue weighted by Gasteiger charge is -2.01. The molecule has 1 atom stereocenters. The van der Waals surface area contributed by atoms with Crippen molar-refractivity contribution in [3.8, 4) is 0 Å². The Bertz CT molecular complexity index is 443. The lowest BCUT2D eigenvalue weighted by Crippen LogP contribution is -2.23. The summed E-state index contributed by atoms with van der Waals surface area (Å²) < 4.78 is 30.3. The molecule has 0 spiro atoms. The van der Waals surface area contributed by atoms with Gasteiger partial charge in [-0.3, -0.25) is 4.79 Å². The highest BCUT2D eigenvalue weighted by atomic mass is 19.3. The number of hydrogen-bond donors (Lipinski definition) is 1. The van der Waals surface area contributed by atoms with E-state index in [0.29, 0.717) is 5.69 Å². The average Bonchev–Trinajstić information content (AvgIpc) is 2.73. The third-order valence-electron chi connectivity index (χ3n) is 3.00. The van der Waals surface area contributed by atoms with Crippen LogP contribution < -0.4 is 5.32 Å². The first-order valence-corrected chi connectivity index (χ1v) is 5.98. The summed E-state index contributed by atoms with van der Waals surface area (Å²) in [5.74, 6) is -2.83. The molecule has 1 aliphatic carbocycles. The Hall–Kier alpha value is -1.46. The van der Waals surface area contributed by atoms with Gasteiger partial charge in [0.25, 0.3) is 5.92 Å². The normalized spacial score (nSPS) is 21.1. The predicted octanol–water partition coefficient (Wildman–Crippen LogP) is 2.46. The van der Waals surface area contributed by atoms with Gasteiger partial charge < -0.3 is 9.84 Å². The standard InChI is InChI=1S/C12H16F2N2O2/c1-7(2)10-4-9(16-18-10)6-15-11(17)3-8-5-12(8,13)14/h4,7-8H,3,5-6H2,1-2H3,(H,15,17). The van der Waals surface area contributed by atoms with Crippen LogP contribution in [0.1, 0.15) is 44.1 Å². The smallest absolute Gasteiger partial charge is 0.252 e. The fourth-order valence-electron chi connectivity index (χ4n) is 1.66. The Labute approximate surface area is 104 Å². The largest absolute Gasteiger partial charge is 0.361 e. The minimum atomic E-state index is -2.64. The second kappa shape index (κ2) is 4.66. The maximum absolute atomic E-state index is 12.6. The fraction of sp³-hybridized carbons (Fsp3) is 0.667. The fourth-order valence-corrected chi connectivity index (χ4v) is 1.66. The number of nitrogens with one attached hydrogen (secondary N) is 1. The van der Waals surface area contributed by atoms with Gasteiger partial charge in [0, 0.05) is 30.7 Å².